The van der Waals surface area contributed by atoms with E-state index in [4.69, 9.17) is 13.1 Å². The summed E-state index contributed by atoms with van der Waals surface area (Å²) in [5.74, 6) is -0.272. The summed E-state index contributed by atoms with van der Waals surface area (Å²) in [6.07, 6.45) is 9.59. The van der Waals surface area contributed by atoms with Gasteiger partial charge in [0, 0.05) is 23.7 Å². The molecule has 0 spiro atoms. The lowest BCUT2D eigenvalue weighted by atomic mass is 9.68. The molecule has 3 rings (SSSR count). The molecule has 0 unspecified atom stereocenters. The Bertz CT molecular complexity index is 904. The number of imidazole rings is 1. The van der Waals surface area contributed by atoms with Gasteiger partial charge in [-0.25, -0.2) is 19.1 Å². The van der Waals surface area contributed by atoms with Crippen LogP contribution in [0.25, 0.3) is 20.9 Å². The van der Waals surface area contributed by atoms with E-state index in [9.17, 15) is 4.39 Å². The molecule has 1 fully saturated rings. The van der Waals surface area contributed by atoms with Crippen LogP contribution in [0.15, 0.2) is 60.3 Å². The van der Waals surface area contributed by atoms with Crippen molar-refractivity contribution in [1.29, 1.82) is 0 Å². The first-order valence-corrected chi connectivity index (χ1v) is 8.47. The Hall–Kier alpha value is -3.18. The average molecular weight is 346 g/mol. The Morgan fingerprint density at radius 3 is 2.35 bits per heavy atom. The molecule has 2 aromatic rings. The van der Waals surface area contributed by atoms with E-state index in [0.717, 1.165) is 41.7 Å². The summed E-state index contributed by atoms with van der Waals surface area (Å²) in [6, 6.07) is 6.26. The number of hydrogen-bond donors (Lipinski definition) is 0. The molecule has 26 heavy (non-hydrogen) atoms. The first-order valence-electron chi connectivity index (χ1n) is 8.47. The molecule has 130 valence electrons. The van der Waals surface area contributed by atoms with Gasteiger partial charge in [-0.3, -0.25) is 0 Å². The van der Waals surface area contributed by atoms with E-state index in [2.05, 4.69) is 21.6 Å². The summed E-state index contributed by atoms with van der Waals surface area (Å²) in [6.45, 7) is 17.1. The molecular formula is C21H19FN4. The van der Waals surface area contributed by atoms with Gasteiger partial charge in [0.25, 0.3) is 0 Å². The van der Waals surface area contributed by atoms with E-state index in [-0.39, 0.29) is 11.2 Å². The molecule has 0 atom stereocenters. The Morgan fingerprint density at radius 1 is 1.15 bits per heavy atom. The zero-order chi connectivity index (χ0) is 18.6. The van der Waals surface area contributed by atoms with Crippen LogP contribution in [0.2, 0.25) is 0 Å². The molecular weight excluding hydrogens is 327 g/mol. The summed E-state index contributed by atoms with van der Waals surface area (Å²) in [4.78, 5) is 11.4. The van der Waals surface area contributed by atoms with E-state index in [1.165, 1.54) is 12.1 Å². The molecule has 1 heterocycles. The van der Waals surface area contributed by atoms with Crippen LogP contribution in [0.1, 0.15) is 26.2 Å². The van der Waals surface area contributed by atoms with E-state index in [1.807, 2.05) is 10.8 Å². The molecule has 0 radical (unpaired) electrons. The van der Waals surface area contributed by atoms with Gasteiger partial charge >= 0.3 is 0 Å². The van der Waals surface area contributed by atoms with Gasteiger partial charge in [0.05, 0.1) is 25.2 Å². The van der Waals surface area contributed by atoms with Crippen LogP contribution < -0.4 is 0 Å². The minimum atomic E-state index is -0.367. The number of benzene rings is 1. The number of nitrogens with zero attached hydrogens (tertiary/aromatic N) is 4. The Kier molecular flexibility index (Phi) is 5.00. The third kappa shape index (κ3) is 3.43. The van der Waals surface area contributed by atoms with Crippen molar-refractivity contribution in [3.8, 4) is 11.3 Å². The standard InChI is InChI=1S/C21H19FN4/c1-21(17(11-23-2)5-4-6-18(21)12-24-3)14-26-13-20(25-15-26)16-7-9-19(22)10-8-16/h7-13,15H,4-6,14H2,1H3/b17-11+,18-12+. The maximum Gasteiger partial charge on any atom is 0.154 e. The molecule has 1 saturated carbocycles. The number of hydrogen-bond acceptors (Lipinski definition) is 1. The molecule has 0 bridgehead atoms. The Labute approximate surface area is 152 Å². The predicted octanol–water partition coefficient (Wildman–Crippen LogP) is 5.49. The normalized spacial score (nSPS) is 19.2. The van der Waals surface area contributed by atoms with Crippen LogP contribution in [0.3, 0.4) is 0 Å². The third-order valence-corrected chi connectivity index (χ3v) is 5.02. The Morgan fingerprint density at radius 2 is 1.77 bits per heavy atom. The highest BCUT2D eigenvalue weighted by Gasteiger charge is 2.35. The van der Waals surface area contributed by atoms with Crippen LogP contribution in [0.4, 0.5) is 4.39 Å². The molecule has 1 aliphatic rings. The second-order valence-electron chi connectivity index (χ2n) is 6.69. The fourth-order valence-corrected chi connectivity index (χ4v) is 3.58. The van der Waals surface area contributed by atoms with Crippen LogP contribution >= 0.6 is 0 Å². The molecule has 0 saturated heterocycles. The maximum atomic E-state index is 13.1. The van der Waals surface area contributed by atoms with Crippen molar-refractivity contribution in [2.45, 2.75) is 32.7 Å². The van der Waals surface area contributed by atoms with Crippen molar-refractivity contribution >= 4 is 0 Å². The minimum absolute atomic E-state index is 0.272. The van der Waals surface area contributed by atoms with Crippen LogP contribution in [0, 0.1) is 24.4 Å². The highest BCUT2D eigenvalue weighted by atomic mass is 19.1. The highest BCUT2D eigenvalue weighted by Crippen LogP contribution is 2.46. The fourth-order valence-electron chi connectivity index (χ4n) is 3.58. The van der Waals surface area contributed by atoms with Crippen molar-refractivity contribution in [3.63, 3.8) is 0 Å². The van der Waals surface area contributed by atoms with Crippen molar-refractivity contribution in [1.82, 2.24) is 9.55 Å². The minimum Gasteiger partial charge on any atom is -0.336 e. The smallest absolute Gasteiger partial charge is 0.154 e. The quantitative estimate of drug-likeness (QED) is 0.675. The van der Waals surface area contributed by atoms with Crippen molar-refractivity contribution in [2.24, 2.45) is 5.41 Å². The second-order valence-corrected chi connectivity index (χ2v) is 6.69. The first kappa shape index (κ1) is 17.6. The van der Waals surface area contributed by atoms with Gasteiger partial charge in [-0.1, -0.05) is 18.1 Å². The first-order chi connectivity index (χ1) is 12.6. The molecule has 1 aliphatic carbocycles. The van der Waals surface area contributed by atoms with Crippen LogP contribution in [-0.2, 0) is 6.54 Å². The van der Waals surface area contributed by atoms with Gasteiger partial charge in [0.1, 0.15) is 5.82 Å². The maximum absolute atomic E-state index is 13.1. The summed E-state index contributed by atoms with van der Waals surface area (Å²) in [5, 5.41) is 0. The fraction of sp³-hybridized carbons (Fsp3) is 0.286. The molecule has 1 aromatic heterocycles. The van der Waals surface area contributed by atoms with Gasteiger partial charge in [-0.05, 0) is 43.5 Å². The molecule has 0 amide bonds. The molecule has 1 aromatic carbocycles. The molecule has 0 aliphatic heterocycles. The average Bonchev–Trinajstić information content (AvgIpc) is 3.08. The van der Waals surface area contributed by atoms with Gasteiger partial charge in [-0.2, -0.15) is 0 Å². The summed E-state index contributed by atoms with van der Waals surface area (Å²) >= 11 is 0. The largest absolute Gasteiger partial charge is 0.336 e. The van der Waals surface area contributed by atoms with Crippen molar-refractivity contribution in [2.75, 3.05) is 0 Å². The molecule has 0 N–H and O–H groups in total. The number of halogens is 1. The predicted molar refractivity (Wildman–Crippen MR) is 98.9 cm³/mol. The van der Waals surface area contributed by atoms with Crippen molar-refractivity contribution in [3.05, 3.63) is 89.0 Å². The van der Waals surface area contributed by atoms with E-state index < -0.39 is 0 Å². The van der Waals surface area contributed by atoms with Gasteiger partial charge in [0.2, 0.25) is 0 Å². The zero-order valence-corrected chi connectivity index (χ0v) is 14.6. The van der Waals surface area contributed by atoms with E-state index in [0.29, 0.717) is 6.54 Å². The highest BCUT2D eigenvalue weighted by molar-refractivity contribution is 5.57. The topological polar surface area (TPSA) is 26.5 Å². The zero-order valence-electron chi connectivity index (χ0n) is 14.6. The van der Waals surface area contributed by atoms with E-state index in [1.54, 1.807) is 30.9 Å². The number of aromatic nitrogens is 2. The summed E-state index contributed by atoms with van der Waals surface area (Å²) in [7, 11) is 0. The van der Waals surface area contributed by atoms with Crippen LogP contribution in [-0.4, -0.2) is 9.55 Å². The number of rotatable bonds is 3. The molecule has 4 nitrogen and oxygen atoms in total. The lowest BCUT2D eigenvalue weighted by Crippen LogP contribution is -2.30. The monoisotopic (exact) mass is 346 g/mol. The Balaban J connectivity index is 1.93. The van der Waals surface area contributed by atoms with Crippen molar-refractivity contribution < 1.29 is 4.39 Å². The second kappa shape index (κ2) is 7.37. The van der Waals surface area contributed by atoms with E-state index >= 15 is 0 Å². The SMILES string of the molecule is [C-]#[N+]/C=C1\CCC/C(=C\[N+]#[C-])C1(C)Cn1cnc(-c2ccc(F)cc2)c1. The summed E-state index contributed by atoms with van der Waals surface area (Å²) in [5.41, 5.74) is 3.38. The van der Waals surface area contributed by atoms with Gasteiger partial charge in [0.15, 0.2) is 12.4 Å². The number of allylic oxidation sites excluding steroid dienone is 2. The molecule has 5 heteroatoms. The summed E-state index contributed by atoms with van der Waals surface area (Å²) < 4.78 is 15.1. The lowest BCUT2D eigenvalue weighted by Gasteiger charge is -2.39. The third-order valence-electron chi connectivity index (χ3n) is 5.02. The van der Waals surface area contributed by atoms with Gasteiger partial charge < -0.3 is 4.57 Å². The van der Waals surface area contributed by atoms with Gasteiger partial charge in [-0.15, -0.1) is 0 Å². The van der Waals surface area contributed by atoms with Crippen LogP contribution in [0.5, 0.6) is 0 Å². The lowest BCUT2D eigenvalue weighted by molar-refractivity contribution is 0.347.